The Bertz CT molecular complexity index is 283. The number of rotatable bonds is 7. The molecule has 0 aliphatic carbocycles. The van der Waals surface area contributed by atoms with E-state index in [1.165, 1.54) is 12.4 Å². The first kappa shape index (κ1) is 11.8. The first-order valence-electron chi connectivity index (χ1n) is 5.12. The highest BCUT2D eigenvalue weighted by atomic mass is 19.1. The third-order valence-corrected chi connectivity index (χ3v) is 1.75. The topological polar surface area (TPSA) is 47.0 Å². The molecule has 1 N–H and O–H groups in total. The molecule has 0 saturated carbocycles. The van der Waals surface area contributed by atoms with Crippen LogP contribution in [0.4, 0.5) is 10.2 Å². The van der Waals surface area contributed by atoms with Crippen molar-refractivity contribution >= 4 is 5.82 Å². The van der Waals surface area contributed by atoms with Crippen LogP contribution in [-0.4, -0.2) is 29.7 Å². The highest BCUT2D eigenvalue weighted by Gasteiger charge is 1.96. The number of hydrogen-bond acceptors (Lipinski definition) is 4. The van der Waals surface area contributed by atoms with Gasteiger partial charge in [-0.2, -0.15) is 4.39 Å². The molecule has 0 aromatic carbocycles. The normalized spacial score (nSPS) is 10.3. The maximum Gasteiger partial charge on any atom is 0.217 e. The lowest BCUT2D eigenvalue weighted by molar-refractivity contribution is 0.134. The zero-order valence-electron chi connectivity index (χ0n) is 8.87. The molecule has 0 unspecified atom stereocenters. The molecule has 5 heteroatoms. The van der Waals surface area contributed by atoms with Gasteiger partial charge >= 0.3 is 0 Å². The van der Waals surface area contributed by atoms with Crippen molar-refractivity contribution < 1.29 is 9.13 Å². The summed E-state index contributed by atoms with van der Waals surface area (Å²) in [4.78, 5) is 7.24. The van der Waals surface area contributed by atoms with Crippen molar-refractivity contribution in [3.05, 3.63) is 18.3 Å². The van der Waals surface area contributed by atoms with E-state index in [0.717, 1.165) is 26.0 Å². The quantitative estimate of drug-likeness (QED) is 0.554. The summed E-state index contributed by atoms with van der Waals surface area (Å²) >= 11 is 0. The average molecular weight is 213 g/mol. The van der Waals surface area contributed by atoms with Gasteiger partial charge < -0.3 is 10.1 Å². The van der Waals surface area contributed by atoms with Crippen LogP contribution in [0.15, 0.2) is 12.4 Å². The van der Waals surface area contributed by atoms with Gasteiger partial charge in [-0.15, -0.1) is 0 Å². The van der Waals surface area contributed by atoms with Gasteiger partial charge in [0, 0.05) is 25.8 Å². The first-order valence-corrected chi connectivity index (χ1v) is 5.12. The van der Waals surface area contributed by atoms with Crippen molar-refractivity contribution in [1.82, 2.24) is 9.97 Å². The minimum atomic E-state index is -0.519. The molecular weight excluding hydrogens is 197 g/mol. The largest absolute Gasteiger partial charge is 0.381 e. The molecule has 15 heavy (non-hydrogen) atoms. The Morgan fingerprint density at radius 2 is 2.27 bits per heavy atom. The SMILES string of the molecule is CCCOCCCNc1cc(F)ncn1. The van der Waals surface area contributed by atoms with Crippen LogP contribution in [0.5, 0.6) is 0 Å². The molecule has 0 amide bonds. The molecule has 0 aliphatic rings. The third kappa shape index (κ3) is 5.27. The van der Waals surface area contributed by atoms with Gasteiger partial charge in [0.15, 0.2) is 0 Å². The van der Waals surface area contributed by atoms with Crippen LogP contribution >= 0.6 is 0 Å². The summed E-state index contributed by atoms with van der Waals surface area (Å²) in [5, 5.41) is 2.99. The molecule has 0 saturated heterocycles. The monoisotopic (exact) mass is 213 g/mol. The fraction of sp³-hybridized carbons (Fsp3) is 0.600. The predicted molar refractivity (Wildman–Crippen MR) is 56.2 cm³/mol. The molecular formula is C10H16FN3O. The van der Waals surface area contributed by atoms with Gasteiger partial charge in [0.25, 0.3) is 0 Å². The number of halogens is 1. The zero-order chi connectivity index (χ0) is 10.9. The first-order chi connectivity index (χ1) is 7.33. The van der Waals surface area contributed by atoms with Crippen LogP contribution in [0, 0.1) is 5.95 Å². The fourth-order valence-electron chi connectivity index (χ4n) is 1.07. The van der Waals surface area contributed by atoms with E-state index in [4.69, 9.17) is 4.74 Å². The van der Waals surface area contributed by atoms with Crippen LogP contribution in [0.3, 0.4) is 0 Å². The number of anilines is 1. The van der Waals surface area contributed by atoms with Gasteiger partial charge in [-0.25, -0.2) is 9.97 Å². The Morgan fingerprint density at radius 3 is 3.00 bits per heavy atom. The highest BCUT2D eigenvalue weighted by Crippen LogP contribution is 2.01. The lowest BCUT2D eigenvalue weighted by Gasteiger charge is -2.05. The Kier molecular flexibility index (Phi) is 5.62. The van der Waals surface area contributed by atoms with Crippen LogP contribution in [0.25, 0.3) is 0 Å². The molecule has 0 aliphatic heterocycles. The van der Waals surface area contributed by atoms with E-state index in [2.05, 4.69) is 22.2 Å². The second-order valence-corrected chi connectivity index (χ2v) is 3.12. The van der Waals surface area contributed by atoms with Gasteiger partial charge in [-0.05, 0) is 12.8 Å². The number of nitrogens with zero attached hydrogens (tertiary/aromatic N) is 2. The van der Waals surface area contributed by atoms with Crippen molar-refractivity contribution in [3.8, 4) is 0 Å². The lowest BCUT2D eigenvalue weighted by atomic mass is 10.4. The Balaban J connectivity index is 2.10. The summed E-state index contributed by atoms with van der Waals surface area (Å²) in [6.45, 7) is 4.30. The molecule has 1 heterocycles. The summed E-state index contributed by atoms with van der Waals surface area (Å²) < 4.78 is 17.9. The van der Waals surface area contributed by atoms with Gasteiger partial charge in [-0.1, -0.05) is 6.92 Å². The minimum Gasteiger partial charge on any atom is -0.381 e. The van der Waals surface area contributed by atoms with E-state index in [1.54, 1.807) is 0 Å². The van der Waals surface area contributed by atoms with E-state index in [0.29, 0.717) is 12.4 Å². The second-order valence-electron chi connectivity index (χ2n) is 3.12. The van der Waals surface area contributed by atoms with Crippen molar-refractivity contribution in [3.63, 3.8) is 0 Å². The van der Waals surface area contributed by atoms with E-state index < -0.39 is 5.95 Å². The number of hydrogen-bond donors (Lipinski definition) is 1. The van der Waals surface area contributed by atoms with E-state index in [1.807, 2.05) is 0 Å². The molecule has 0 spiro atoms. The van der Waals surface area contributed by atoms with Crippen LogP contribution in [0.1, 0.15) is 19.8 Å². The molecule has 0 radical (unpaired) electrons. The molecule has 0 bridgehead atoms. The zero-order valence-corrected chi connectivity index (χ0v) is 8.87. The minimum absolute atomic E-state index is 0.512. The predicted octanol–water partition coefficient (Wildman–Crippen LogP) is 1.84. The molecule has 0 fully saturated rings. The maximum atomic E-state index is 12.6. The van der Waals surface area contributed by atoms with Gasteiger partial charge in [0.2, 0.25) is 5.95 Å². The third-order valence-electron chi connectivity index (χ3n) is 1.75. The fourth-order valence-corrected chi connectivity index (χ4v) is 1.07. The smallest absolute Gasteiger partial charge is 0.217 e. The summed E-state index contributed by atoms with van der Waals surface area (Å²) in [5.41, 5.74) is 0. The van der Waals surface area contributed by atoms with Gasteiger partial charge in [-0.3, -0.25) is 0 Å². The number of nitrogens with one attached hydrogen (secondary N) is 1. The van der Waals surface area contributed by atoms with Crippen molar-refractivity contribution in [1.29, 1.82) is 0 Å². The van der Waals surface area contributed by atoms with Gasteiger partial charge in [0.1, 0.15) is 12.1 Å². The van der Waals surface area contributed by atoms with Crippen molar-refractivity contribution in [2.24, 2.45) is 0 Å². The lowest BCUT2D eigenvalue weighted by Crippen LogP contribution is -2.07. The van der Waals surface area contributed by atoms with Crippen LogP contribution in [-0.2, 0) is 4.74 Å². The van der Waals surface area contributed by atoms with Crippen LogP contribution < -0.4 is 5.32 Å². The standard InChI is InChI=1S/C10H16FN3O/c1-2-5-15-6-3-4-12-10-7-9(11)13-8-14-10/h7-8H,2-6H2,1H3,(H,12,13,14). The van der Waals surface area contributed by atoms with E-state index in [-0.39, 0.29) is 0 Å². The summed E-state index contributed by atoms with van der Waals surface area (Å²) in [6, 6.07) is 1.27. The summed E-state index contributed by atoms with van der Waals surface area (Å²) in [5.74, 6) is -0.00674. The molecule has 1 aromatic rings. The summed E-state index contributed by atoms with van der Waals surface area (Å²) in [7, 11) is 0. The Hall–Kier alpha value is -1.23. The van der Waals surface area contributed by atoms with E-state index >= 15 is 0 Å². The maximum absolute atomic E-state index is 12.6. The number of ether oxygens (including phenoxy) is 1. The van der Waals surface area contributed by atoms with Crippen molar-refractivity contribution in [2.45, 2.75) is 19.8 Å². The number of aromatic nitrogens is 2. The summed E-state index contributed by atoms with van der Waals surface area (Å²) in [6.07, 6.45) is 3.11. The second kappa shape index (κ2) is 7.11. The van der Waals surface area contributed by atoms with Gasteiger partial charge in [0.05, 0.1) is 0 Å². The molecule has 84 valence electrons. The van der Waals surface area contributed by atoms with E-state index in [9.17, 15) is 4.39 Å². The molecule has 0 atom stereocenters. The highest BCUT2D eigenvalue weighted by molar-refractivity contribution is 5.31. The Labute approximate surface area is 88.9 Å². The Morgan fingerprint density at radius 1 is 1.40 bits per heavy atom. The molecule has 4 nitrogen and oxygen atoms in total. The molecule has 1 rings (SSSR count). The van der Waals surface area contributed by atoms with Crippen LogP contribution in [0.2, 0.25) is 0 Å². The van der Waals surface area contributed by atoms with Crippen molar-refractivity contribution in [2.75, 3.05) is 25.1 Å². The average Bonchev–Trinajstić information content (AvgIpc) is 2.23. The molecule has 1 aromatic heterocycles.